The first-order valence-electron chi connectivity index (χ1n) is 8.82. The van der Waals surface area contributed by atoms with Gasteiger partial charge in [0, 0.05) is 24.2 Å². The molecular formula is C21H23N3O3. The maximum absolute atomic E-state index is 13.1. The van der Waals surface area contributed by atoms with Gasteiger partial charge in [-0.1, -0.05) is 30.3 Å². The van der Waals surface area contributed by atoms with Crippen LogP contribution in [0.15, 0.2) is 53.3 Å². The van der Waals surface area contributed by atoms with Gasteiger partial charge >= 0.3 is 0 Å². The minimum atomic E-state index is -0.596. The molecule has 3 aromatic rings. The molecule has 2 N–H and O–H groups in total. The monoisotopic (exact) mass is 365 g/mol. The Labute approximate surface area is 157 Å². The van der Waals surface area contributed by atoms with Crippen molar-refractivity contribution in [1.82, 2.24) is 9.88 Å². The van der Waals surface area contributed by atoms with Gasteiger partial charge in [0.15, 0.2) is 0 Å². The smallest absolute Gasteiger partial charge is 0.267 e. The maximum Gasteiger partial charge on any atom is 0.267 e. The molecule has 0 unspecified atom stereocenters. The average Bonchev–Trinajstić information content (AvgIpc) is 2.62. The number of aromatic amines is 1. The van der Waals surface area contributed by atoms with E-state index in [-0.39, 0.29) is 11.3 Å². The van der Waals surface area contributed by atoms with Crippen LogP contribution in [-0.2, 0) is 6.54 Å². The van der Waals surface area contributed by atoms with Crippen molar-refractivity contribution in [3.8, 4) is 5.75 Å². The molecule has 27 heavy (non-hydrogen) atoms. The van der Waals surface area contributed by atoms with Gasteiger partial charge in [-0.25, -0.2) is 0 Å². The number of fused-ring (bicyclic) bond motifs is 1. The van der Waals surface area contributed by atoms with E-state index in [9.17, 15) is 14.7 Å². The summed E-state index contributed by atoms with van der Waals surface area (Å²) in [5.41, 5.74) is 1.19. The number of aromatic hydroxyl groups is 1. The van der Waals surface area contributed by atoms with E-state index in [0.717, 1.165) is 5.56 Å². The summed E-state index contributed by atoms with van der Waals surface area (Å²) in [5, 5.41) is 11.4. The minimum Gasteiger partial charge on any atom is -0.506 e. The predicted octanol–water partition coefficient (Wildman–Crippen LogP) is 2.96. The third-order valence-electron chi connectivity index (χ3n) is 4.43. The van der Waals surface area contributed by atoms with Crippen LogP contribution in [0.1, 0.15) is 22.8 Å². The summed E-state index contributed by atoms with van der Waals surface area (Å²) in [6.07, 6.45) is 0. The Bertz CT molecular complexity index is 1030. The predicted molar refractivity (Wildman–Crippen MR) is 107 cm³/mol. The number of carbonyl (C=O) groups is 1. The second-order valence-electron chi connectivity index (χ2n) is 6.64. The molecule has 1 aromatic heterocycles. The van der Waals surface area contributed by atoms with E-state index in [2.05, 4.69) is 4.98 Å². The van der Waals surface area contributed by atoms with Gasteiger partial charge in [-0.05, 0) is 44.8 Å². The van der Waals surface area contributed by atoms with Crippen molar-refractivity contribution in [3.05, 3.63) is 70.0 Å². The number of nitrogens with one attached hydrogen (secondary N) is 1. The number of pyridine rings is 1. The summed E-state index contributed by atoms with van der Waals surface area (Å²) in [6.45, 7) is 2.77. The number of H-pyrrole nitrogens is 1. The van der Waals surface area contributed by atoms with Crippen LogP contribution in [0.25, 0.3) is 10.9 Å². The number of amides is 1. The number of para-hydroxylation sites is 1. The number of benzene rings is 2. The van der Waals surface area contributed by atoms with Crippen molar-refractivity contribution in [3.63, 3.8) is 0 Å². The Balaban J connectivity index is 2.19. The van der Waals surface area contributed by atoms with Gasteiger partial charge in [0.2, 0.25) is 0 Å². The Kier molecular flexibility index (Phi) is 5.28. The van der Waals surface area contributed by atoms with Gasteiger partial charge in [0.05, 0.1) is 5.52 Å². The van der Waals surface area contributed by atoms with Crippen molar-refractivity contribution >= 4 is 22.5 Å². The second kappa shape index (κ2) is 7.63. The normalized spacial score (nSPS) is 11.1. The highest BCUT2D eigenvalue weighted by molar-refractivity contribution is 6.10. The van der Waals surface area contributed by atoms with Crippen LogP contribution in [0.3, 0.4) is 0 Å². The number of nitrogens with zero attached hydrogens (tertiary/aromatic N) is 2. The lowest BCUT2D eigenvalue weighted by Crippen LogP contribution is -2.34. The van der Waals surface area contributed by atoms with Gasteiger partial charge in [0.1, 0.15) is 11.3 Å². The minimum absolute atomic E-state index is 0.237. The van der Waals surface area contributed by atoms with Gasteiger partial charge in [-0.15, -0.1) is 0 Å². The molecule has 0 bridgehead atoms. The van der Waals surface area contributed by atoms with Crippen molar-refractivity contribution in [1.29, 1.82) is 0 Å². The molecule has 1 heterocycles. The van der Waals surface area contributed by atoms with E-state index in [1.54, 1.807) is 18.2 Å². The highest BCUT2D eigenvalue weighted by atomic mass is 16.3. The molecule has 1 amide bonds. The first kappa shape index (κ1) is 18.7. The molecule has 0 aliphatic carbocycles. The molecule has 0 atom stereocenters. The Morgan fingerprint density at radius 2 is 1.78 bits per heavy atom. The topological polar surface area (TPSA) is 76.6 Å². The number of rotatable bonds is 5. The van der Waals surface area contributed by atoms with Crippen LogP contribution in [0, 0.1) is 0 Å². The van der Waals surface area contributed by atoms with Crippen LogP contribution in [0.2, 0.25) is 0 Å². The number of hydrogen-bond donors (Lipinski definition) is 2. The third-order valence-corrected chi connectivity index (χ3v) is 4.43. The Hall–Kier alpha value is -3.12. The SMILES string of the molecule is CCN(C(=O)c1c(O)c2c(CN(C)C)cccc2[nH]c1=O)c1ccccc1. The highest BCUT2D eigenvalue weighted by Crippen LogP contribution is 2.30. The molecule has 0 aliphatic heterocycles. The Morgan fingerprint density at radius 1 is 1.07 bits per heavy atom. The van der Waals surface area contributed by atoms with E-state index in [4.69, 9.17) is 0 Å². The molecule has 0 aliphatic rings. The summed E-state index contributed by atoms with van der Waals surface area (Å²) in [7, 11) is 3.84. The van der Waals surface area contributed by atoms with Gasteiger partial charge in [-0.3, -0.25) is 9.59 Å². The third kappa shape index (κ3) is 3.57. The van der Waals surface area contributed by atoms with E-state index in [1.165, 1.54) is 4.90 Å². The maximum atomic E-state index is 13.1. The number of aromatic nitrogens is 1. The fraction of sp³-hybridized carbons (Fsp3) is 0.238. The largest absolute Gasteiger partial charge is 0.506 e. The summed E-state index contributed by atoms with van der Waals surface area (Å²) in [5.74, 6) is -0.797. The molecule has 6 nitrogen and oxygen atoms in total. The molecular weight excluding hydrogens is 342 g/mol. The highest BCUT2D eigenvalue weighted by Gasteiger charge is 2.25. The van der Waals surface area contributed by atoms with Crippen LogP contribution < -0.4 is 10.5 Å². The summed E-state index contributed by atoms with van der Waals surface area (Å²) in [6, 6.07) is 14.5. The lowest BCUT2D eigenvalue weighted by Gasteiger charge is -2.22. The molecule has 0 saturated carbocycles. The standard InChI is InChI=1S/C21H23N3O3/c1-4-24(15-10-6-5-7-11-15)21(27)18-19(25)17-14(13-23(2)3)9-8-12-16(17)22-20(18)26/h5-12H,4,13H2,1-3H3,(H2,22,25,26). The molecule has 140 valence electrons. The van der Waals surface area contributed by atoms with E-state index in [0.29, 0.717) is 29.7 Å². The van der Waals surface area contributed by atoms with Crippen molar-refractivity contribution in [2.24, 2.45) is 0 Å². The zero-order valence-electron chi connectivity index (χ0n) is 15.7. The molecule has 0 saturated heterocycles. The molecule has 3 rings (SSSR count). The fourth-order valence-corrected chi connectivity index (χ4v) is 3.26. The Morgan fingerprint density at radius 3 is 2.41 bits per heavy atom. The molecule has 2 aromatic carbocycles. The molecule has 6 heteroatoms. The van der Waals surface area contributed by atoms with Crippen LogP contribution in [-0.4, -0.2) is 41.5 Å². The van der Waals surface area contributed by atoms with Gasteiger partial charge < -0.3 is 19.9 Å². The van der Waals surface area contributed by atoms with E-state index < -0.39 is 11.5 Å². The zero-order chi connectivity index (χ0) is 19.6. The van der Waals surface area contributed by atoms with E-state index >= 15 is 0 Å². The van der Waals surface area contributed by atoms with E-state index in [1.807, 2.05) is 56.3 Å². The van der Waals surface area contributed by atoms with Crippen LogP contribution >= 0.6 is 0 Å². The average molecular weight is 365 g/mol. The summed E-state index contributed by atoms with van der Waals surface area (Å²) in [4.78, 5) is 31.9. The summed E-state index contributed by atoms with van der Waals surface area (Å²) >= 11 is 0. The molecule has 0 fully saturated rings. The number of hydrogen-bond acceptors (Lipinski definition) is 4. The van der Waals surface area contributed by atoms with Gasteiger partial charge in [-0.2, -0.15) is 0 Å². The number of carbonyl (C=O) groups excluding carboxylic acids is 1. The lowest BCUT2D eigenvalue weighted by molar-refractivity contribution is 0.0984. The first-order chi connectivity index (χ1) is 12.9. The number of anilines is 1. The van der Waals surface area contributed by atoms with Crippen LogP contribution in [0.4, 0.5) is 5.69 Å². The molecule has 0 radical (unpaired) electrons. The van der Waals surface area contributed by atoms with Crippen molar-refractivity contribution in [2.75, 3.05) is 25.5 Å². The second-order valence-corrected chi connectivity index (χ2v) is 6.64. The van der Waals surface area contributed by atoms with Crippen LogP contribution in [0.5, 0.6) is 5.75 Å². The van der Waals surface area contributed by atoms with Crippen molar-refractivity contribution < 1.29 is 9.90 Å². The fourth-order valence-electron chi connectivity index (χ4n) is 3.26. The lowest BCUT2D eigenvalue weighted by atomic mass is 10.0. The quantitative estimate of drug-likeness (QED) is 0.729. The van der Waals surface area contributed by atoms with Gasteiger partial charge in [0.25, 0.3) is 11.5 Å². The first-order valence-corrected chi connectivity index (χ1v) is 8.82. The van der Waals surface area contributed by atoms with Crippen molar-refractivity contribution in [2.45, 2.75) is 13.5 Å². The summed E-state index contributed by atoms with van der Waals surface area (Å²) < 4.78 is 0. The zero-order valence-corrected chi connectivity index (χ0v) is 15.7. The molecule has 0 spiro atoms.